The third-order valence-corrected chi connectivity index (χ3v) is 4.66. The van der Waals surface area contributed by atoms with Crippen LogP contribution in [0.4, 0.5) is 4.39 Å². The first-order valence-electron chi connectivity index (χ1n) is 7.75. The van der Waals surface area contributed by atoms with Crippen LogP contribution in [0.5, 0.6) is 0 Å². The topological polar surface area (TPSA) is 45.7 Å². The molecule has 3 rings (SSSR count). The van der Waals surface area contributed by atoms with Crippen molar-refractivity contribution in [3.05, 3.63) is 29.8 Å². The second-order valence-electron chi connectivity index (χ2n) is 6.35. The zero-order valence-corrected chi connectivity index (χ0v) is 13.0. The van der Waals surface area contributed by atoms with Gasteiger partial charge in [0.05, 0.1) is 12.1 Å². The average Bonchev–Trinajstić information content (AvgIpc) is 2.53. The zero-order valence-electron chi connectivity index (χ0n) is 13.0. The van der Waals surface area contributed by atoms with Crippen LogP contribution in [-0.4, -0.2) is 66.6 Å². The molecule has 3 heterocycles. The first-order valence-corrected chi connectivity index (χ1v) is 7.75. The summed E-state index contributed by atoms with van der Waals surface area (Å²) >= 11 is 0. The van der Waals surface area contributed by atoms with Gasteiger partial charge < -0.3 is 14.5 Å². The van der Waals surface area contributed by atoms with Gasteiger partial charge >= 0.3 is 0 Å². The van der Waals surface area contributed by atoms with Gasteiger partial charge in [0, 0.05) is 43.4 Å². The third kappa shape index (κ3) is 2.98. The highest BCUT2D eigenvalue weighted by molar-refractivity contribution is 5.94. The molecule has 5 nitrogen and oxygen atoms in total. The summed E-state index contributed by atoms with van der Waals surface area (Å²) in [4.78, 5) is 20.1. The van der Waals surface area contributed by atoms with E-state index in [1.54, 1.807) is 6.07 Å². The number of fused-ring (bicyclic) bond motifs is 1. The second kappa shape index (κ2) is 6.30. The maximum atomic E-state index is 13.3. The van der Waals surface area contributed by atoms with Crippen LogP contribution in [0, 0.1) is 11.9 Å². The Morgan fingerprint density at radius 3 is 3.00 bits per heavy atom. The van der Waals surface area contributed by atoms with Crippen molar-refractivity contribution in [1.29, 1.82) is 0 Å². The predicted octanol–water partition coefficient (Wildman–Crippen LogP) is 1.40. The van der Waals surface area contributed by atoms with E-state index in [4.69, 9.17) is 4.74 Å². The molecule has 2 saturated heterocycles. The lowest BCUT2D eigenvalue weighted by Gasteiger charge is -2.48. The summed E-state index contributed by atoms with van der Waals surface area (Å²) in [6.07, 6.45) is 3.63. The summed E-state index contributed by atoms with van der Waals surface area (Å²) in [5, 5.41) is 0. The van der Waals surface area contributed by atoms with Gasteiger partial charge in [0.1, 0.15) is 0 Å². The molecule has 2 fully saturated rings. The van der Waals surface area contributed by atoms with E-state index in [1.165, 1.54) is 12.3 Å². The molecule has 6 heteroatoms. The standard InChI is InChI=1S/C16H22FN3O2/c1-19(2)13-10-20(9-12-4-3-7-22-15(12)13)16(21)11-5-6-18-14(17)8-11/h5-6,8,12-13,15H,3-4,7,9-10H2,1-2H3/t12-,13+,15-/m0/s1. The van der Waals surface area contributed by atoms with Crippen LogP contribution in [0.3, 0.4) is 0 Å². The molecular weight excluding hydrogens is 285 g/mol. The fourth-order valence-electron chi connectivity index (χ4n) is 3.51. The Bertz CT molecular complexity index is 552. The van der Waals surface area contributed by atoms with Crippen LogP contribution < -0.4 is 0 Å². The monoisotopic (exact) mass is 307 g/mol. The van der Waals surface area contributed by atoms with Crippen LogP contribution in [0.1, 0.15) is 23.2 Å². The van der Waals surface area contributed by atoms with Gasteiger partial charge in [-0.3, -0.25) is 4.79 Å². The third-order valence-electron chi connectivity index (χ3n) is 4.66. The minimum atomic E-state index is -0.620. The quantitative estimate of drug-likeness (QED) is 0.775. The Hall–Kier alpha value is -1.53. The molecule has 2 aliphatic rings. The average molecular weight is 307 g/mol. The molecule has 2 aliphatic heterocycles. The summed E-state index contributed by atoms with van der Waals surface area (Å²) in [7, 11) is 4.03. The van der Waals surface area contributed by atoms with E-state index in [0.717, 1.165) is 19.4 Å². The molecule has 0 aromatic carbocycles. The lowest BCUT2D eigenvalue weighted by atomic mass is 9.84. The van der Waals surface area contributed by atoms with Crippen molar-refractivity contribution in [2.75, 3.05) is 33.8 Å². The van der Waals surface area contributed by atoms with Crippen LogP contribution in [0.15, 0.2) is 18.3 Å². The van der Waals surface area contributed by atoms with Crippen LogP contribution in [0.25, 0.3) is 0 Å². The van der Waals surface area contributed by atoms with Gasteiger partial charge in [-0.1, -0.05) is 0 Å². The Morgan fingerprint density at radius 2 is 2.27 bits per heavy atom. The Labute approximate surface area is 130 Å². The Morgan fingerprint density at radius 1 is 1.45 bits per heavy atom. The van der Waals surface area contributed by atoms with Gasteiger partial charge in [-0.25, -0.2) is 4.98 Å². The normalized spacial score (nSPS) is 28.5. The summed E-state index contributed by atoms with van der Waals surface area (Å²) < 4.78 is 19.2. The molecule has 0 bridgehead atoms. The summed E-state index contributed by atoms with van der Waals surface area (Å²) in [6.45, 7) is 2.09. The number of likely N-dealkylation sites (N-methyl/N-ethyl adjacent to an activating group) is 1. The summed E-state index contributed by atoms with van der Waals surface area (Å²) in [6, 6.07) is 2.95. The lowest BCUT2D eigenvalue weighted by molar-refractivity contribution is -0.0997. The molecule has 0 unspecified atom stereocenters. The summed E-state index contributed by atoms with van der Waals surface area (Å²) in [5.41, 5.74) is 0.361. The summed E-state index contributed by atoms with van der Waals surface area (Å²) in [5.74, 6) is -0.395. The minimum Gasteiger partial charge on any atom is -0.376 e. The highest BCUT2D eigenvalue weighted by atomic mass is 19.1. The smallest absolute Gasteiger partial charge is 0.254 e. The molecule has 0 spiro atoms. The van der Waals surface area contributed by atoms with Crippen molar-refractivity contribution >= 4 is 5.91 Å². The number of carbonyl (C=O) groups is 1. The number of hydrogen-bond donors (Lipinski definition) is 0. The molecule has 0 radical (unpaired) electrons. The number of carbonyl (C=O) groups excluding carboxylic acids is 1. The fourth-order valence-corrected chi connectivity index (χ4v) is 3.51. The number of ether oxygens (including phenoxy) is 1. The fraction of sp³-hybridized carbons (Fsp3) is 0.625. The molecule has 1 aromatic heterocycles. The van der Waals surface area contributed by atoms with Crippen LogP contribution in [0.2, 0.25) is 0 Å². The van der Waals surface area contributed by atoms with Gasteiger partial charge in [0.25, 0.3) is 5.91 Å². The number of rotatable bonds is 2. The predicted molar refractivity (Wildman–Crippen MR) is 80.0 cm³/mol. The van der Waals surface area contributed by atoms with Crippen molar-refractivity contribution in [3.63, 3.8) is 0 Å². The second-order valence-corrected chi connectivity index (χ2v) is 6.35. The highest BCUT2D eigenvalue weighted by Gasteiger charge is 2.41. The number of nitrogens with zero attached hydrogens (tertiary/aromatic N) is 3. The van der Waals surface area contributed by atoms with Gasteiger partial charge in [0.2, 0.25) is 5.95 Å². The van der Waals surface area contributed by atoms with E-state index < -0.39 is 5.95 Å². The van der Waals surface area contributed by atoms with Crippen LogP contribution >= 0.6 is 0 Å². The maximum absolute atomic E-state index is 13.3. The number of halogens is 1. The molecule has 1 amide bonds. The molecule has 0 aliphatic carbocycles. The Kier molecular flexibility index (Phi) is 4.40. The maximum Gasteiger partial charge on any atom is 0.254 e. The van der Waals surface area contributed by atoms with E-state index in [9.17, 15) is 9.18 Å². The molecule has 0 N–H and O–H groups in total. The van der Waals surface area contributed by atoms with E-state index in [2.05, 4.69) is 9.88 Å². The molecule has 22 heavy (non-hydrogen) atoms. The number of hydrogen-bond acceptors (Lipinski definition) is 4. The van der Waals surface area contributed by atoms with Gasteiger partial charge in [-0.15, -0.1) is 0 Å². The molecular formula is C16H22FN3O2. The molecule has 1 aromatic rings. The van der Waals surface area contributed by atoms with Crippen molar-refractivity contribution in [2.24, 2.45) is 5.92 Å². The van der Waals surface area contributed by atoms with E-state index in [1.807, 2.05) is 19.0 Å². The first kappa shape index (κ1) is 15.4. The SMILES string of the molecule is CN(C)[C@@H]1CN(C(=O)c2ccnc(F)c2)C[C@@H]2CCCO[C@@H]21. The van der Waals surface area contributed by atoms with Crippen LogP contribution in [-0.2, 0) is 4.74 Å². The zero-order chi connectivity index (χ0) is 15.7. The van der Waals surface area contributed by atoms with E-state index in [-0.39, 0.29) is 18.1 Å². The van der Waals surface area contributed by atoms with Crippen molar-refractivity contribution < 1.29 is 13.9 Å². The number of aromatic nitrogens is 1. The van der Waals surface area contributed by atoms with E-state index >= 15 is 0 Å². The largest absolute Gasteiger partial charge is 0.376 e. The number of piperidine rings is 1. The van der Waals surface area contributed by atoms with E-state index in [0.29, 0.717) is 24.6 Å². The highest BCUT2D eigenvalue weighted by Crippen LogP contribution is 2.31. The van der Waals surface area contributed by atoms with Crippen molar-refractivity contribution in [1.82, 2.24) is 14.8 Å². The lowest BCUT2D eigenvalue weighted by Crippen LogP contribution is -2.60. The molecule has 3 atom stereocenters. The molecule has 120 valence electrons. The van der Waals surface area contributed by atoms with Crippen molar-refractivity contribution in [2.45, 2.75) is 25.0 Å². The van der Waals surface area contributed by atoms with Gasteiger partial charge in [-0.2, -0.15) is 4.39 Å². The van der Waals surface area contributed by atoms with Gasteiger partial charge in [0.15, 0.2) is 0 Å². The minimum absolute atomic E-state index is 0.128. The first-order chi connectivity index (χ1) is 10.6. The van der Waals surface area contributed by atoms with Crippen molar-refractivity contribution in [3.8, 4) is 0 Å². The molecule has 0 saturated carbocycles. The number of amides is 1. The van der Waals surface area contributed by atoms with Gasteiger partial charge in [-0.05, 0) is 33.0 Å². The number of pyridine rings is 1. The Balaban J connectivity index is 1.80. The number of likely N-dealkylation sites (tertiary alicyclic amines) is 1.